The second-order valence-corrected chi connectivity index (χ2v) is 6.49. The van der Waals surface area contributed by atoms with Crippen LogP contribution in [0.15, 0.2) is 42.5 Å². The van der Waals surface area contributed by atoms with Crippen molar-refractivity contribution < 1.29 is 14.3 Å². The van der Waals surface area contributed by atoms with Gasteiger partial charge in [0.2, 0.25) is 5.91 Å². The molecule has 2 N–H and O–H groups in total. The Kier molecular flexibility index (Phi) is 4.95. The van der Waals surface area contributed by atoms with E-state index in [1.807, 2.05) is 36.4 Å². The Bertz CT molecular complexity index is 919. The lowest BCUT2D eigenvalue weighted by Crippen LogP contribution is -2.32. The van der Waals surface area contributed by atoms with Crippen molar-refractivity contribution in [2.75, 3.05) is 19.0 Å². The van der Waals surface area contributed by atoms with Gasteiger partial charge in [-0.3, -0.25) is 4.79 Å². The van der Waals surface area contributed by atoms with Crippen LogP contribution in [0.4, 0.5) is 10.5 Å². The molecule has 0 unspecified atom stereocenters. The van der Waals surface area contributed by atoms with Gasteiger partial charge < -0.3 is 15.4 Å². The summed E-state index contributed by atoms with van der Waals surface area (Å²) in [4.78, 5) is 27.3. The van der Waals surface area contributed by atoms with Crippen LogP contribution in [0.25, 0.3) is 20.8 Å². The molecule has 1 aromatic heterocycles. The van der Waals surface area contributed by atoms with Gasteiger partial charge in [0.1, 0.15) is 11.6 Å². The van der Waals surface area contributed by atoms with Crippen LogP contribution in [0.1, 0.15) is 5.56 Å². The molecule has 0 fully saturated rings. The number of benzene rings is 2. The summed E-state index contributed by atoms with van der Waals surface area (Å²) in [7, 11) is 1.25. The maximum Gasteiger partial charge on any atom is 0.407 e. The minimum Gasteiger partial charge on any atom is -0.453 e. The summed E-state index contributed by atoms with van der Waals surface area (Å²) in [5.74, 6) is -0.325. The van der Waals surface area contributed by atoms with Crippen molar-refractivity contribution in [1.29, 1.82) is 0 Å². The van der Waals surface area contributed by atoms with Gasteiger partial charge in [-0.1, -0.05) is 6.07 Å². The molecule has 0 saturated heterocycles. The molecule has 0 saturated carbocycles. The molecule has 3 rings (SSSR count). The highest BCUT2D eigenvalue weighted by Crippen LogP contribution is 2.31. The number of alkyl carbamates (subject to hydrolysis) is 1. The third kappa shape index (κ3) is 4.13. The summed E-state index contributed by atoms with van der Waals surface area (Å²) in [6, 6.07) is 13.6. The van der Waals surface area contributed by atoms with Gasteiger partial charge in [-0.2, -0.15) is 0 Å². The van der Waals surface area contributed by atoms with E-state index in [0.29, 0.717) is 5.69 Å². The molecule has 0 aliphatic carbocycles. The predicted octanol–water partition coefficient (Wildman–Crippen LogP) is 3.57. The van der Waals surface area contributed by atoms with Crippen molar-refractivity contribution in [1.82, 2.24) is 10.3 Å². The van der Waals surface area contributed by atoms with Crippen molar-refractivity contribution >= 4 is 39.2 Å². The topological polar surface area (TPSA) is 80.3 Å². The zero-order valence-corrected chi connectivity index (χ0v) is 14.6. The number of rotatable bonds is 4. The SMILES string of the molecule is COC(=O)NCC(=O)Nc1ccc(-c2nc3ccc(C)cc3s2)cc1. The zero-order valence-electron chi connectivity index (χ0n) is 13.8. The van der Waals surface area contributed by atoms with Crippen LogP contribution in [0.5, 0.6) is 0 Å². The molecule has 0 aliphatic rings. The van der Waals surface area contributed by atoms with Gasteiger partial charge in [0.05, 0.1) is 17.3 Å². The fourth-order valence-electron chi connectivity index (χ4n) is 2.28. The van der Waals surface area contributed by atoms with Gasteiger partial charge >= 0.3 is 6.09 Å². The summed E-state index contributed by atoms with van der Waals surface area (Å²) >= 11 is 1.64. The van der Waals surface area contributed by atoms with Gasteiger partial charge in [0.15, 0.2) is 0 Å². The van der Waals surface area contributed by atoms with E-state index < -0.39 is 6.09 Å². The number of nitrogens with one attached hydrogen (secondary N) is 2. The first kappa shape index (κ1) is 16.9. The molecule has 128 valence electrons. The zero-order chi connectivity index (χ0) is 17.8. The van der Waals surface area contributed by atoms with Crippen LogP contribution >= 0.6 is 11.3 Å². The van der Waals surface area contributed by atoms with Crippen LogP contribution in [0.2, 0.25) is 0 Å². The summed E-state index contributed by atoms with van der Waals surface area (Å²) in [6.45, 7) is 1.91. The number of thiazole rings is 1. The molecule has 7 heteroatoms. The second kappa shape index (κ2) is 7.31. The van der Waals surface area contributed by atoms with E-state index in [9.17, 15) is 9.59 Å². The number of anilines is 1. The van der Waals surface area contributed by atoms with Crippen LogP contribution in [-0.4, -0.2) is 30.6 Å². The standard InChI is InChI=1S/C18H17N3O3S/c1-11-3-8-14-15(9-11)25-17(21-14)12-4-6-13(7-5-12)20-16(22)10-19-18(23)24-2/h3-9H,10H2,1-2H3,(H,19,23)(H,20,22). The number of carbonyl (C=O) groups is 2. The molecule has 0 bridgehead atoms. The minimum absolute atomic E-state index is 0.147. The highest BCUT2D eigenvalue weighted by molar-refractivity contribution is 7.21. The van der Waals surface area contributed by atoms with Crippen molar-refractivity contribution in [2.45, 2.75) is 6.92 Å². The average molecular weight is 355 g/mol. The van der Waals surface area contributed by atoms with Crippen LogP contribution in [0.3, 0.4) is 0 Å². The van der Waals surface area contributed by atoms with Crippen molar-refractivity contribution in [2.24, 2.45) is 0 Å². The molecular weight excluding hydrogens is 338 g/mol. The number of aromatic nitrogens is 1. The predicted molar refractivity (Wildman–Crippen MR) is 98.8 cm³/mol. The number of methoxy groups -OCH3 is 1. The van der Waals surface area contributed by atoms with Crippen LogP contribution < -0.4 is 10.6 Å². The lowest BCUT2D eigenvalue weighted by atomic mass is 10.2. The molecule has 25 heavy (non-hydrogen) atoms. The Hall–Kier alpha value is -2.93. The summed E-state index contributed by atoms with van der Waals surface area (Å²) in [5, 5.41) is 5.97. The first-order valence-electron chi connectivity index (χ1n) is 7.64. The van der Waals surface area contributed by atoms with Gasteiger partial charge in [-0.25, -0.2) is 9.78 Å². The van der Waals surface area contributed by atoms with E-state index in [1.165, 1.54) is 12.7 Å². The third-order valence-corrected chi connectivity index (χ3v) is 4.61. The van der Waals surface area contributed by atoms with E-state index in [0.717, 1.165) is 20.8 Å². The van der Waals surface area contributed by atoms with Crippen molar-refractivity contribution in [3.8, 4) is 10.6 Å². The second-order valence-electron chi connectivity index (χ2n) is 5.46. The van der Waals surface area contributed by atoms with Gasteiger partial charge in [-0.15, -0.1) is 11.3 Å². The Balaban J connectivity index is 1.68. The minimum atomic E-state index is -0.642. The molecule has 1 heterocycles. The molecule has 0 atom stereocenters. The number of hydrogen-bond acceptors (Lipinski definition) is 5. The van der Waals surface area contributed by atoms with E-state index in [-0.39, 0.29) is 12.5 Å². The lowest BCUT2D eigenvalue weighted by molar-refractivity contribution is -0.115. The third-order valence-electron chi connectivity index (χ3n) is 3.54. The van der Waals surface area contributed by atoms with E-state index >= 15 is 0 Å². The van der Waals surface area contributed by atoms with Crippen molar-refractivity contribution in [3.05, 3.63) is 48.0 Å². The van der Waals surface area contributed by atoms with Crippen molar-refractivity contribution in [3.63, 3.8) is 0 Å². The Labute approximate surface area is 148 Å². The first-order chi connectivity index (χ1) is 12.0. The molecule has 0 aliphatic heterocycles. The maximum atomic E-state index is 11.7. The normalized spacial score (nSPS) is 10.5. The molecule has 2 aromatic carbocycles. The monoisotopic (exact) mass is 355 g/mol. The lowest BCUT2D eigenvalue weighted by Gasteiger charge is -2.06. The quantitative estimate of drug-likeness (QED) is 0.750. The van der Waals surface area contributed by atoms with Gasteiger partial charge in [0, 0.05) is 11.3 Å². The number of amides is 2. The fraction of sp³-hybridized carbons (Fsp3) is 0.167. The number of aryl methyl sites for hydroxylation is 1. The average Bonchev–Trinajstić information content (AvgIpc) is 3.03. The Morgan fingerprint density at radius 1 is 1.16 bits per heavy atom. The largest absolute Gasteiger partial charge is 0.453 e. The molecule has 3 aromatic rings. The molecular formula is C18H17N3O3S. The smallest absolute Gasteiger partial charge is 0.407 e. The summed E-state index contributed by atoms with van der Waals surface area (Å²) in [5.41, 5.74) is 3.83. The van der Waals surface area contributed by atoms with E-state index in [1.54, 1.807) is 11.3 Å². The van der Waals surface area contributed by atoms with Gasteiger partial charge in [0.25, 0.3) is 0 Å². The van der Waals surface area contributed by atoms with Crippen LogP contribution in [-0.2, 0) is 9.53 Å². The van der Waals surface area contributed by atoms with Crippen LogP contribution in [0, 0.1) is 6.92 Å². The molecule has 6 nitrogen and oxygen atoms in total. The number of fused-ring (bicyclic) bond motifs is 1. The first-order valence-corrected chi connectivity index (χ1v) is 8.46. The summed E-state index contributed by atoms with van der Waals surface area (Å²) in [6.07, 6.45) is -0.642. The molecule has 0 spiro atoms. The number of nitrogens with zero attached hydrogens (tertiary/aromatic N) is 1. The number of hydrogen-bond donors (Lipinski definition) is 2. The molecule has 0 radical (unpaired) electrons. The van der Waals surface area contributed by atoms with E-state index in [2.05, 4.69) is 33.3 Å². The number of ether oxygens (including phenoxy) is 1. The molecule has 2 amide bonds. The maximum absolute atomic E-state index is 11.7. The summed E-state index contributed by atoms with van der Waals surface area (Å²) < 4.78 is 5.57. The highest BCUT2D eigenvalue weighted by atomic mass is 32.1. The van der Waals surface area contributed by atoms with E-state index in [4.69, 9.17) is 0 Å². The van der Waals surface area contributed by atoms with Gasteiger partial charge in [-0.05, 0) is 48.9 Å². The highest BCUT2D eigenvalue weighted by Gasteiger charge is 2.08. The fourth-order valence-corrected chi connectivity index (χ4v) is 3.35. The Morgan fingerprint density at radius 2 is 1.92 bits per heavy atom. The Morgan fingerprint density at radius 3 is 2.64 bits per heavy atom. The number of carbonyl (C=O) groups excluding carboxylic acids is 2.